The Morgan fingerprint density at radius 2 is 1.19 bits per heavy atom. The van der Waals surface area contributed by atoms with Gasteiger partial charge in [-0.2, -0.15) is 0 Å². The van der Waals surface area contributed by atoms with Gasteiger partial charge in [0.05, 0.1) is 6.10 Å². The molecule has 5 rings (SSSR count). The molecular formula is C28H22N2O6. The number of hydrogen-bond acceptors (Lipinski definition) is 6. The van der Waals surface area contributed by atoms with Crippen molar-refractivity contribution in [2.24, 2.45) is 11.8 Å². The molecule has 0 saturated heterocycles. The maximum Gasteiger partial charge on any atom is 0.243 e. The van der Waals surface area contributed by atoms with E-state index in [0.717, 1.165) is 11.1 Å². The van der Waals surface area contributed by atoms with E-state index < -0.39 is 47.1 Å². The van der Waals surface area contributed by atoms with Crippen molar-refractivity contribution in [3.05, 3.63) is 94.0 Å². The van der Waals surface area contributed by atoms with Crippen LogP contribution in [-0.4, -0.2) is 34.3 Å². The van der Waals surface area contributed by atoms with Crippen LogP contribution >= 0.6 is 0 Å². The molecule has 8 heteroatoms. The van der Waals surface area contributed by atoms with Gasteiger partial charge < -0.3 is 15.7 Å². The van der Waals surface area contributed by atoms with Gasteiger partial charge in [0.15, 0.2) is 23.3 Å². The van der Waals surface area contributed by atoms with Gasteiger partial charge in [-0.05, 0) is 54.8 Å². The predicted octanol–water partition coefficient (Wildman–Crippen LogP) is 3.42. The second kappa shape index (κ2) is 8.66. The Morgan fingerprint density at radius 3 is 1.75 bits per heavy atom. The van der Waals surface area contributed by atoms with Gasteiger partial charge in [0.25, 0.3) is 0 Å². The van der Waals surface area contributed by atoms with Gasteiger partial charge in [0.2, 0.25) is 11.8 Å². The molecule has 180 valence electrons. The highest BCUT2D eigenvalue weighted by Crippen LogP contribution is 2.41. The van der Waals surface area contributed by atoms with E-state index >= 15 is 0 Å². The van der Waals surface area contributed by atoms with Gasteiger partial charge >= 0.3 is 0 Å². The van der Waals surface area contributed by atoms with E-state index in [1.807, 2.05) is 0 Å². The fourth-order valence-corrected chi connectivity index (χ4v) is 4.75. The van der Waals surface area contributed by atoms with E-state index in [-0.39, 0.29) is 22.3 Å². The fraction of sp³-hybridized carbons (Fsp3) is 0.179. The predicted molar refractivity (Wildman–Crippen MR) is 131 cm³/mol. The van der Waals surface area contributed by atoms with Gasteiger partial charge in [-0.15, -0.1) is 0 Å². The zero-order chi connectivity index (χ0) is 25.7. The van der Waals surface area contributed by atoms with Gasteiger partial charge in [0.1, 0.15) is 5.92 Å². The third-order valence-electron chi connectivity index (χ3n) is 6.78. The summed E-state index contributed by atoms with van der Waals surface area (Å²) in [4.78, 5) is 65.0. The molecule has 2 aliphatic carbocycles. The van der Waals surface area contributed by atoms with E-state index in [1.165, 1.54) is 12.1 Å². The van der Waals surface area contributed by atoms with Crippen LogP contribution in [0.25, 0.3) is 0 Å². The van der Waals surface area contributed by atoms with Gasteiger partial charge in [-0.3, -0.25) is 24.0 Å². The van der Waals surface area contributed by atoms with Crippen molar-refractivity contribution in [2.75, 3.05) is 10.6 Å². The molecule has 0 heterocycles. The first kappa shape index (κ1) is 23.3. The van der Waals surface area contributed by atoms with E-state index in [9.17, 15) is 29.1 Å². The minimum Gasteiger partial charge on any atom is -0.387 e. The van der Waals surface area contributed by atoms with Crippen molar-refractivity contribution < 1.29 is 29.1 Å². The molecule has 3 aromatic carbocycles. The van der Waals surface area contributed by atoms with E-state index in [1.54, 1.807) is 62.4 Å². The smallest absolute Gasteiger partial charge is 0.243 e. The van der Waals surface area contributed by atoms with Crippen LogP contribution in [0.4, 0.5) is 11.4 Å². The summed E-state index contributed by atoms with van der Waals surface area (Å²) >= 11 is 0. The molecule has 0 spiro atoms. The number of aliphatic hydroxyl groups excluding tert-OH is 1. The third kappa shape index (κ3) is 3.63. The van der Waals surface area contributed by atoms with Crippen molar-refractivity contribution >= 4 is 40.5 Å². The lowest BCUT2D eigenvalue weighted by Gasteiger charge is -2.15. The molecule has 0 saturated carbocycles. The fourth-order valence-electron chi connectivity index (χ4n) is 4.75. The van der Waals surface area contributed by atoms with Crippen LogP contribution < -0.4 is 10.6 Å². The largest absolute Gasteiger partial charge is 0.387 e. The summed E-state index contributed by atoms with van der Waals surface area (Å²) in [5, 5.41) is 16.1. The number of aryl methyl sites for hydroxylation is 2. The van der Waals surface area contributed by atoms with Crippen LogP contribution in [-0.2, 0) is 9.59 Å². The third-order valence-corrected chi connectivity index (χ3v) is 6.78. The lowest BCUT2D eigenvalue weighted by molar-refractivity contribution is -0.121. The number of amides is 2. The monoisotopic (exact) mass is 482 g/mol. The molecule has 3 aromatic rings. The summed E-state index contributed by atoms with van der Waals surface area (Å²) in [7, 11) is 0. The van der Waals surface area contributed by atoms with Crippen molar-refractivity contribution in [3.63, 3.8) is 0 Å². The highest BCUT2D eigenvalue weighted by atomic mass is 16.3. The first-order valence-corrected chi connectivity index (χ1v) is 11.4. The number of carbonyl (C=O) groups excluding carboxylic acids is 5. The molecule has 0 radical (unpaired) electrons. The minimum absolute atomic E-state index is 0.00713. The average Bonchev–Trinajstić information content (AvgIpc) is 3.24. The first-order chi connectivity index (χ1) is 17.2. The second-order valence-electron chi connectivity index (χ2n) is 9.04. The van der Waals surface area contributed by atoms with Crippen LogP contribution in [0.1, 0.15) is 53.9 Å². The molecule has 0 aromatic heterocycles. The maximum atomic E-state index is 13.1. The molecular weight excluding hydrogens is 460 g/mol. The number of benzene rings is 3. The Bertz CT molecular complexity index is 1490. The molecule has 36 heavy (non-hydrogen) atoms. The number of ketones is 3. The molecule has 3 unspecified atom stereocenters. The van der Waals surface area contributed by atoms with E-state index in [2.05, 4.69) is 10.6 Å². The number of rotatable bonds is 4. The zero-order valence-electron chi connectivity index (χ0n) is 19.5. The number of aliphatic hydroxyl groups is 1. The Kier molecular flexibility index (Phi) is 5.61. The van der Waals surface area contributed by atoms with Crippen molar-refractivity contribution in [1.29, 1.82) is 0 Å². The lowest BCUT2D eigenvalue weighted by Crippen LogP contribution is -2.31. The van der Waals surface area contributed by atoms with Gasteiger partial charge in [0, 0.05) is 28.1 Å². The van der Waals surface area contributed by atoms with Crippen LogP contribution in [0.3, 0.4) is 0 Å². The number of nitrogens with one attached hydrogen (secondary N) is 2. The Hall–Kier alpha value is -4.43. The quantitative estimate of drug-likeness (QED) is 0.489. The Balaban J connectivity index is 1.42. The minimum atomic E-state index is -1.59. The molecule has 8 nitrogen and oxygen atoms in total. The highest BCUT2D eigenvalue weighted by molar-refractivity contribution is 6.37. The summed E-state index contributed by atoms with van der Waals surface area (Å²) in [5.74, 6) is -6.55. The molecule has 0 fully saturated rings. The topological polar surface area (TPSA) is 130 Å². The van der Waals surface area contributed by atoms with Gasteiger partial charge in [-0.25, -0.2) is 0 Å². The molecule has 0 aliphatic heterocycles. The van der Waals surface area contributed by atoms with E-state index in [0.29, 0.717) is 11.4 Å². The zero-order valence-corrected chi connectivity index (χ0v) is 19.5. The molecule has 2 amide bonds. The molecule has 3 N–H and O–H groups in total. The number of hydrogen-bond donors (Lipinski definition) is 3. The average molecular weight is 482 g/mol. The number of para-hydroxylation sites is 2. The normalized spacial score (nSPS) is 20.2. The number of anilines is 2. The number of Topliss-reactive ketones (excluding diaryl/α,β-unsaturated/α-hetero) is 3. The number of fused-ring (bicyclic) bond motifs is 2. The summed E-state index contributed by atoms with van der Waals surface area (Å²) in [6, 6.07) is 16.5. The summed E-state index contributed by atoms with van der Waals surface area (Å²) in [6.07, 6.45) is -1.50. The maximum absolute atomic E-state index is 13.1. The van der Waals surface area contributed by atoms with E-state index in [4.69, 9.17) is 0 Å². The lowest BCUT2D eigenvalue weighted by atomic mass is 9.99. The standard InChI is InChI=1S/C28H22N2O6/c1-13-7-3-5-9-19(13)29-27(35)21-23(31)15-11-17-18(12-16(15)24(21)32)26(34)22(25(17)33)28(36)30-20-10-6-4-8-14(20)2/h3-12,21-23,31H,1-2H3,(H,29,35)(H,30,36). The summed E-state index contributed by atoms with van der Waals surface area (Å²) < 4.78 is 0. The highest BCUT2D eigenvalue weighted by Gasteiger charge is 2.49. The van der Waals surface area contributed by atoms with Crippen molar-refractivity contribution in [1.82, 2.24) is 0 Å². The second-order valence-corrected chi connectivity index (χ2v) is 9.04. The first-order valence-electron chi connectivity index (χ1n) is 11.4. The molecule has 3 atom stereocenters. The van der Waals surface area contributed by atoms with Crippen LogP contribution in [0.2, 0.25) is 0 Å². The Labute approximate surface area is 206 Å². The SMILES string of the molecule is Cc1ccccc1NC(=O)C1C(=O)c2cc3c(cc2C1=O)C(O)C(C(=O)Nc1ccccc1C)C3=O. The van der Waals surface area contributed by atoms with Gasteiger partial charge in [-0.1, -0.05) is 36.4 Å². The van der Waals surface area contributed by atoms with Crippen LogP contribution in [0.5, 0.6) is 0 Å². The molecule has 0 bridgehead atoms. The Morgan fingerprint density at radius 1 is 0.694 bits per heavy atom. The van der Waals surface area contributed by atoms with Crippen molar-refractivity contribution in [2.45, 2.75) is 20.0 Å². The van der Waals surface area contributed by atoms with Crippen molar-refractivity contribution in [3.8, 4) is 0 Å². The summed E-state index contributed by atoms with van der Waals surface area (Å²) in [5.41, 5.74) is 2.51. The molecule has 2 aliphatic rings. The van der Waals surface area contributed by atoms with Crippen LogP contribution in [0.15, 0.2) is 60.7 Å². The number of carbonyl (C=O) groups is 5. The van der Waals surface area contributed by atoms with Crippen LogP contribution in [0, 0.1) is 25.7 Å². The summed E-state index contributed by atoms with van der Waals surface area (Å²) in [6.45, 7) is 3.58.